The van der Waals surface area contributed by atoms with Crippen LogP contribution < -0.4 is 10.6 Å². The molecule has 2 atom stereocenters. The van der Waals surface area contributed by atoms with Crippen molar-refractivity contribution in [3.8, 4) is 6.07 Å². The fourth-order valence-corrected chi connectivity index (χ4v) is 5.02. The summed E-state index contributed by atoms with van der Waals surface area (Å²) in [5.41, 5.74) is 3.09. The number of rotatable bonds is 9. The van der Waals surface area contributed by atoms with Crippen LogP contribution in [0.5, 0.6) is 0 Å². The molecule has 0 unspecified atom stereocenters. The van der Waals surface area contributed by atoms with Gasteiger partial charge in [0.05, 0.1) is 41.4 Å². The molecule has 3 aromatic heterocycles. The van der Waals surface area contributed by atoms with Crippen molar-refractivity contribution < 1.29 is 5.76 Å². The molecule has 10 heteroatoms. The van der Waals surface area contributed by atoms with Crippen LogP contribution in [-0.4, -0.2) is 25.0 Å². The maximum absolute atomic E-state index is 15.1. The second-order valence-corrected chi connectivity index (χ2v) is 10.1. The van der Waals surface area contributed by atoms with Gasteiger partial charge in [0.1, 0.15) is 17.8 Å². The summed E-state index contributed by atoms with van der Waals surface area (Å²) < 4.78 is 26.3. The normalized spacial score (nSPS) is 15.6. The molecule has 3 heterocycles. The van der Waals surface area contributed by atoms with Gasteiger partial charge >= 0.3 is 0 Å². The highest BCUT2D eigenvalue weighted by atomic mass is 35.5. The summed E-state index contributed by atoms with van der Waals surface area (Å²) in [6.07, 6.45) is 7.22. The van der Waals surface area contributed by atoms with Crippen LogP contribution in [0.2, 0.25) is 5.02 Å². The van der Waals surface area contributed by atoms with E-state index in [4.69, 9.17) is 11.6 Å². The zero-order chi connectivity index (χ0) is 28.6. The fraction of sp³-hybridized carbons (Fsp3) is 0.233. The third-order valence-electron chi connectivity index (χ3n) is 6.96. The molecule has 1 aliphatic rings. The first kappa shape index (κ1) is 24.5. The Kier molecular flexibility index (Phi) is 6.68. The van der Waals surface area contributed by atoms with Gasteiger partial charge in [0.15, 0.2) is 0 Å². The van der Waals surface area contributed by atoms with Gasteiger partial charge in [0.25, 0.3) is 0 Å². The lowest BCUT2D eigenvalue weighted by molar-refractivity contribution is 0.560. The highest BCUT2D eigenvalue weighted by molar-refractivity contribution is 6.35. The van der Waals surface area contributed by atoms with E-state index >= 15 is 4.39 Å². The molecule has 0 saturated heterocycles. The first-order valence-corrected chi connectivity index (χ1v) is 13.4. The zero-order valence-corrected chi connectivity index (χ0v) is 22.4. The van der Waals surface area contributed by atoms with E-state index in [1.807, 2.05) is 30.3 Å². The number of pyridine rings is 2. The zero-order valence-electron chi connectivity index (χ0n) is 22.6. The third-order valence-corrected chi connectivity index (χ3v) is 7.25. The van der Waals surface area contributed by atoms with E-state index in [-0.39, 0.29) is 23.3 Å². The first-order chi connectivity index (χ1) is 19.9. The van der Waals surface area contributed by atoms with Crippen LogP contribution in [0.15, 0.2) is 73.2 Å². The largest absolute Gasteiger partial charge is 0.377 e. The average molecular weight is 554 g/mol. The molecule has 0 amide bonds. The lowest BCUT2D eigenvalue weighted by Gasteiger charge is -2.22. The number of nitrogens with one attached hydrogen (secondary N) is 2. The molecule has 6 rings (SSSR count). The second kappa shape index (κ2) is 10.9. The van der Waals surface area contributed by atoms with Crippen molar-refractivity contribution >= 4 is 33.9 Å². The summed E-state index contributed by atoms with van der Waals surface area (Å²) in [5, 5.41) is 26.0. The van der Waals surface area contributed by atoms with Gasteiger partial charge in [0, 0.05) is 29.0 Å². The number of nitrogens with zero attached hydrogens (tertiary/aromatic N) is 6. The molecule has 40 heavy (non-hydrogen) atoms. The topological polar surface area (TPSA) is 104 Å². The molecule has 0 bridgehead atoms. The summed E-state index contributed by atoms with van der Waals surface area (Å²) >= 11 is 6.73. The van der Waals surface area contributed by atoms with Crippen molar-refractivity contribution in [2.75, 3.05) is 10.6 Å². The summed E-state index contributed by atoms with van der Waals surface area (Å²) in [5.74, 6) is -0.799. The summed E-state index contributed by atoms with van der Waals surface area (Å²) in [6.45, 7) is 2.06. The number of benzene rings is 2. The Hall–Kier alpha value is -4.55. The number of nitriles is 1. The van der Waals surface area contributed by atoms with Crippen LogP contribution in [0, 0.1) is 17.3 Å². The number of fused-ring (bicyclic) bond motifs is 1. The predicted octanol–water partition coefficient (Wildman–Crippen LogP) is 6.99. The highest BCUT2D eigenvalue weighted by Crippen LogP contribution is 2.38. The molecule has 2 aromatic carbocycles. The highest BCUT2D eigenvalue weighted by Gasteiger charge is 2.28. The Labute approximate surface area is 237 Å². The van der Waals surface area contributed by atoms with Crippen molar-refractivity contribution in [2.24, 2.45) is 0 Å². The fourth-order valence-electron chi connectivity index (χ4n) is 4.75. The molecule has 5 aromatic rings. The summed E-state index contributed by atoms with van der Waals surface area (Å²) in [4.78, 5) is 8.23. The number of aromatic nitrogens is 5. The molecule has 200 valence electrons. The van der Waals surface area contributed by atoms with Gasteiger partial charge in [-0.05, 0) is 43.0 Å². The Balaban J connectivity index is 1.47. The second-order valence-electron chi connectivity index (χ2n) is 9.69. The molecular weight excluding hydrogens is 527 g/mol. The lowest BCUT2D eigenvalue weighted by Crippen LogP contribution is -2.15. The van der Waals surface area contributed by atoms with Crippen molar-refractivity contribution in [1.82, 2.24) is 25.0 Å². The van der Waals surface area contributed by atoms with E-state index in [1.165, 1.54) is 18.5 Å². The van der Waals surface area contributed by atoms with Crippen LogP contribution in [0.3, 0.4) is 0 Å². The molecule has 2 N–H and O–H groups in total. The van der Waals surface area contributed by atoms with Crippen molar-refractivity contribution in [3.63, 3.8) is 0 Å². The molecule has 0 spiro atoms. The number of anilines is 2. The maximum Gasteiger partial charge on any atom is 0.218 e. The van der Waals surface area contributed by atoms with E-state index < -0.39 is 12.0 Å². The third kappa shape index (κ3) is 5.06. The average Bonchev–Trinajstić information content (AvgIpc) is 3.71. The molecule has 8 nitrogen and oxygen atoms in total. The molecular formula is C30H26ClFN8. The van der Waals surface area contributed by atoms with Crippen LogP contribution in [-0.2, 0) is 0 Å². The quantitative estimate of drug-likeness (QED) is 0.190. The van der Waals surface area contributed by atoms with Gasteiger partial charge < -0.3 is 10.6 Å². The van der Waals surface area contributed by atoms with E-state index in [0.29, 0.717) is 32.9 Å². The van der Waals surface area contributed by atoms with E-state index in [2.05, 4.69) is 43.9 Å². The van der Waals surface area contributed by atoms with E-state index in [0.717, 1.165) is 24.8 Å². The lowest BCUT2D eigenvalue weighted by atomic mass is 10.0. The molecule has 1 aliphatic carbocycles. The maximum atomic E-state index is 15.1. The Morgan fingerprint density at radius 2 is 2.00 bits per heavy atom. The van der Waals surface area contributed by atoms with Crippen LogP contribution in [0.4, 0.5) is 15.8 Å². The number of hydrogen-bond donors (Lipinski definition) is 2. The van der Waals surface area contributed by atoms with Gasteiger partial charge in [-0.15, -0.1) is 5.10 Å². The summed E-state index contributed by atoms with van der Waals surface area (Å²) in [7, 11) is 0. The molecule has 1 fully saturated rings. The molecule has 0 aliphatic heterocycles. The Morgan fingerprint density at radius 3 is 2.73 bits per heavy atom. The van der Waals surface area contributed by atoms with Gasteiger partial charge in [-0.2, -0.15) is 9.65 Å². The minimum atomic E-state index is -1.88. The van der Waals surface area contributed by atoms with Crippen LogP contribution in [0.25, 0.3) is 10.9 Å². The number of halogens is 2. The van der Waals surface area contributed by atoms with Gasteiger partial charge in [-0.1, -0.05) is 60.1 Å². The van der Waals surface area contributed by atoms with Crippen molar-refractivity contribution in [2.45, 2.75) is 44.3 Å². The van der Waals surface area contributed by atoms with Crippen molar-refractivity contribution in [3.05, 3.63) is 107 Å². The minimum absolute atomic E-state index is 0.0172. The Bertz CT molecular complexity index is 1770. The van der Waals surface area contributed by atoms with Crippen LogP contribution in [0.1, 0.15) is 68.0 Å². The predicted molar refractivity (Wildman–Crippen MR) is 153 cm³/mol. The van der Waals surface area contributed by atoms with Gasteiger partial charge in [-0.3, -0.25) is 4.98 Å². The SMILES string of the molecule is [2H][C@@](Nc1cc(Cl)c2ncc(C#N)c(N[C@H](CC)c3ccccc3)c2c1)(c1cn(C2CC2)nn1)c1cccnc1F. The van der Waals surface area contributed by atoms with E-state index in [1.54, 1.807) is 29.1 Å². The Morgan fingerprint density at radius 1 is 1.18 bits per heavy atom. The standard InChI is InChI=1S/C30H26ClFN8/c1-2-25(18-7-4-3-5-8-18)37-27-19(15-33)16-35-28-23(27)13-20(14-24(28)31)36-29(22-9-6-12-34-30(22)32)26-17-40(39-38-26)21-10-11-21/h3-9,12-14,16-17,21,25,29,36H,2,10-11H2,1H3,(H,35,37)/t25-,29+/m1/s1/i29D. The number of hydrogen-bond acceptors (Lipinski definition) is 7. The van der Waals surface area contributed by atoms with Crippen molar-refractivity contribution in [1.29, 1.82) is 5.26 Å². The monoisotopic (exact) mass is 553 g/mol. The summed E-state index contributed by atoms with van der Waals surface area (Å²) in [6, 6.07) is 16.9. The van der Waals surface area contributed by atoms with E-state index in [9.17, 15) is 6.63 Å². The van der Waals surface area contributed by atoms with Gasteiger partial charge in [0.2, 0.25) is 5.95 Å². The molecule has 1 saturated carbocycles. The first-order valence-electron chi connectivity index (χ1n) is 13.6. The smallest absolute Gasteiger partial charge is 0.218 e. The minimum Gasteiger partial charge on any atom is -0.377 e. The van der Waals surface area contributed by atoms with Crippen LogP contribution >= 0.6 is 11.6 Å². The van der Waals surface area contributed by atoms with Gasteiger partial charge in [-0.25, -0.2) is 9.67 Å². The molecule has 0 radical (unpaired) electrons.